The van der Waals surface area contributed by atoms with Crippen LogP contribution in [0.25, 0.3) is 0 Å². The van der Waals surface area contributed by atoms with Crippen LogP contribution in [0.4, 0.5) is 0 Å². The highest BCUT2D eigenvalue weighted by molar-refractivity contribution is 5.03. The lowest BCUT2D eigenvalue weighted by Crippen LogP contribution is -2.22. The molecule has 1 aliphatic rings. The third-order valence-electron chi connectivity index (χ3n) is 3.22. The molecule has 2 rings (SSSR count). The van der Waals surface area contributed by atoms with Gasteiger partial charge in [0.1, 0.15) is 0 Å². The van der Waals surface area contributed by atoms with Crippen molar-refractivity contribution in [3.8, 4) is 0 Å². The van der Waals surface area contributed by atoms with Crippen molar-refractivity contribution in [2.75, 3.05) is 13.7 Å². The van der Waals surface area contributed by atoms with Crippen molar-refractivity contribution in [2.45, 2.75) is 37.8 Å². The van der Waals surface area contributed by atoms with Crippen LogP contribution in [0.2, 0.25) is 0 Å². The van der Waals surface area contributed by atoms with Gasteiger partial charge in [0.15, 0.2) is 0 Å². The molecule has 0 spiro atoms. The van der Waals surface area contributed by atoms with E-state index in [-0.39, 0.29) is 0 Å². The fourth-order valence-corrected chi connectivity index (χ4v) is 2.47. The standard InChI is InChI=1S/C11H19N3O/c1-15-11-4-2-3-10(11)14-8-13-7-9(14)5-6-12/h7-8,10-11H,2-6,12H2,1H3. The van der Waals surface area contributed by atoms with Gasteiger partial charge in [0.2, 0.25) is 0 Å². The Morgan fingerprint density at radius 3 is 3.20 bits per heavy atom. The highest BCUT2D eigenvalue weighted by atomic mass is 16.5. The van der Waals surface area contributed by atoms with Gasteiger partial charge >= 0.3 is 0 Å². The quantitative estimate of drug-likeness (QED) is 0.808. The minimum absolute atomic E-state index is 0.343. The van der Waals surface area contributed by atoms with Gasteiger partial charge in [0.05, 0.1) is 18.5 Å². The molecular weight excluding hydrogens is 190 g/mol. The molecule has 1 aliphatic carbocycles. The van der Waals surface area contributed by atoms with Crippen LogP contribution >= 0.6 is 0 Å². The van der Waals surface area contributed by atoms with Gasteiger partial charge in [0.25, 0.3) is 0 Å². The van der Waals surface area contributed by atoms with Crippen LogP contribution in [-0.4, -0.2) is 29.3 Å². The molecule has 0 aromatic carbocycles. The zero-order chi connectivity index (χ0) is 10.7. The van der Waals surface area contributed by atoms with Crippen molar-refractivity contribution in [3.63, 3.8) is 0 Å². The summed E-state index contributed by atoms with van der Waals surface area (Å²) in [5, 5.41) is 0. The number of hydrogen-bond acceptors (Lipinski definition) is 3. The summed E-state index contributed by atoms with van der Waals surface area (Å²) in [6, 6.07) is 0.457. The first-order chi connectivity index (χ1) is 7.36. The maximum absolute atomic E-state index is 5.58. The van der Waals surface area contributed by atoms with E-state index in [1.54, 1.807) is 7.11 Å². The molecule has 0 bridgehead atoms. The normalized spacial score (nSPS) is 26.0. The fraction of sp³-hybridized carbons (Fsp3) is 0.727. The Hall–Kier alpha value is -0.870. The van der Waals surface area contributed by atoms with Crippen LogP contribution in [0.1, 0.15) is 31.0 Å². The molecular formula is C11H19N3O. The van der Waals surface area contributed by atoms with Crippen LogP contribution in [0.15, 0.2) is 12.5 Å². The van der Waals surface area contributed by atoms with E-state index in [0.717, 1.165) is 12.8 Å². The van der Waals surface area contributed by atoms with Crippen molar-refractivity contribution < 1.29 is 4.74 Å². The molecule has 2 atom stereocenters. The second kappa shape index (κ2) is 4.77. The summed E-state index contributed by atoms with van der Waals surface area (Å²) in [6.07, 6.45) is 8.64. The van der Waals surface area contributed by atoms with Gasteiger partial charge in [-0.15, -0.1) is 0 Å². The lowest BCUT2D eigenvalue weighted by atomic mass is 10.2. The van der Waals surface area contributed by atoms with Crippen LogP contribution in [-0.2, 0) is 11.2 Å². The molecule has 1 fully saturated rings. The average molecular weight is 209 g/mol. The summed E-state index contributed by atoms with van der Waals surface area (Å²) in [7, 11) is 1.79. The van der Waals surface area contributed by atoms with Crippen LogP contribution in [0.3, 0.4) is 0 Å². The molecule has 0 amide bonds. The summed E-state index contributed by atoms with van der Waals surface area (Å²) in [5.41, 5.74) is 6.81. The maximum Gasteiger partial charge on any atom is 0.0951 e. The van der Waals surface area contributed by atoms with Gasteiger partial charge in [-0.1, -0.05) is 0 Å². The third kappa shape index (κ3) is 2.06. The Labute approximate surface area is 90.4 Å². The molecule has 4 nitrogen and oxygen atoms in total. The molecule has 1 aromatic heterocycles. The third-order valence-corrected chi connectivity index (χ3v) is 3.22. The van der Waals surface area contributed by atoms with Gasteiger partial charge in [-0.2, -0.15) is 0 Å². The number of ether oxygens (including phenoxy) is 1. The van der Waals surface area contributed by atoms with Gasteiger partial charge in [-0.25, -0.2) is 4.98 Å². The number of hydrogen-bond donors (Lipinski definition) is 1. The topological polar surface area (TPSA) is 53.1 Å². The number of imidazole rings is 1. The van der Waals surface area contributed by atoms with E-state index < -0.39 is 0 Å². The lowest BCUT2D eigenvalue weighted by molar-refractivity contribution is 0.0741. The Bertz CT molecular complexity index is 311. The van der Waals surface area contributed by atoms with E-state index in [1.165, 1.54) is 18.5 Å². The number of rotatable bonds is 4. The van der Waals surface area contributed by atoms with E-state index in [4.69, 9.17) is 10.5 Å². The molecule has 1 heterocycles. The van der Waals surface area contributed by atoms with Crippen LogP contribution in [0, 0.1) is 0 Å². The number of aromatic nitrogens is 2. The van der Waals surface area contributed by atoms with E-state index >= 15 is 0 Å². The first kappa shape index (κ1) is 10.6. The predicted molar refractivity (Wildman–Crippen MR) is 58.7 cm³/mol. The first-order valence-electron chi connectivity index (χ1n) is 5.60. The monoisotopic (exact) mass is 209 g/mol. The van der Waals surface area contributed by atoms with E-state index in [0.29, 0.717) is 18.7 Å². The van der Waals surface area contributed by atoms with Gasteiger partial charge in [0, 0.05) is 25.4 Å². The second-order valence-electron chi connectivity index (χ2n) is 4.10. The van der Waals surface area contributed by atoms with Crippen molar-refractivity contribution in [2.24, 2.45) is 5.73 Å². The highest BCUT2D eigenvalue weighted by Gasteiger charge is 2.29. The number of nitrogens with zero attached hydrogens (tertiary/aromatic N) is 2. The molecule has 15 heavy (non-hydrogen) atoms. The zero-order valence-electron chi connectivity index (χ0n) is 9.22. The summed E-state index contributed by atoms with van der Waals surface area (Å²) < 4.78 is 7.74. The smallest absolute Gasteiger partial charge is 0.0951 e. The highest BCUT2D eigenvalue weighted by Crippen LogP contribution is 2.32. The molecule has 0 radical (unpaired) electrons. The molecule has 4 heteroatoms. The van der Waals surface area contributed by atoms with Gasteiger partial charge < -0.3 is 15.0 Å². The lowest BCUT2D eigenvalue weighted by Gasteiger charge is -2.21. The molecule has 2 unspecified atom stereocenters. The van der Waals surface area contributed by atoms with Crippen LogP contribution < -0.4 is 5.73 Å². The SMILES string of the molecule is COC1CCCC1n1cncc1CCN. The van der Waals surface area contributed by atoms with Gasteiger partial charge in [-0.3, -0.25) is 0 Å². The molecule has 0 saturated heterocycles. The van der Waals surface area contributed by atoms with E-state index in [1.807, 2.05) is 12.5 Å². The maximum atomic E-state index is 5.58. The second-order valence-corrected chi connectivity index (χ2v) is 4.10. The summed E-state index contributed by atoms with van der Waals surface area (Å²) in [5.74, 6) is 0. The molecule has 1 aromatic rings. The van der Waals surface area contributed by atoms with Crippen molar-refractivity contribution >= 4 is 0 Å². The van der Waals surface area contributed by atoms with Crippen molar-refractivity contribution in [1.82, 2.24) is 9.55 Å². The molecule has 0 aliphatic heterocycles. The summed E-state index contributed by atoms with van der Waals surface area (Å²) in [4.78, 5) is 4.21. The summed E-state index contributed by atoms with van der Waals surface area (Å²) >= 11 is 0. The fourth-order valence-electron chi connectivity index (χ4n) is 2.47. The minimum atomic E-state index is 0.343. The van der Waals surface area contributed by atoms with Crippen LogP contribution in [0.5, 0.6) is 0 Å². The Kier molecular flexibility index (Phi) is 3.38. The number of methoxy groups -OCH3 is 1. The minimum Gasteiger partial charge on any atom is -0.379 e. The number of nitrogens with two attached hydrogens (primary N) is 1. The van der Waals surface area contributed by atoms with Crippen molar-refractivity contribution in [3.05, 3.63) is 18.2 Å². The van der Waals surface area contributed by atoms with Gasteiger partial charge in [-0.05, 0) is 25.8 Å². The van der Waals surface area contributed by atoms with E-state index in [2.05, 4.69) is 9.55 Å². The largest absolute Gasteiger partial charge is 0.379 e. The zero-order valence-corrected chi connectivity index (χ0v) is 9.22. The average Bonchev–Trinajstić information content (AvgIpc) is 2.84. The van der Waals surface area contributed by atoms with E-state index in [9.17, 15) is 0 Å². The Morgan fingerprint density at radius 1 is 1.60 bits per heavy atom. The Morgan fingerprint density at radius 2 is 2.47 bits per heavy atom. The summed E-state index contributed by atoms with van der Waals surface area (Å²) in [6.45, 7) is 0.677. The molecule has 1 saturated carbocycles. The van der Waals surface area contributed by atoms with Crippen molar-refractivity contribution in [1.29, 1.82) is 0 Å². The first-order valence-corrected chi connectivity index (χ1v) is 5.60. The molecule has 84 valence electrons. The predicted octanol–water partition coefficient (Wildman–Crippen LogP) is 1.12. The Balaban J connectivity index is 2.16. The molecule has 2 N–H and O–H groups in total.